The van der Waals surface area contributed by atoms with Gasteiger partial charge in [-0.05, 0) is 30.7 Å². The summed E-state index contributed by atoms with van der Waals surface area (Å²) in [6.07, 6.45) is 1.74. The van der Waals surface area contributed by atoms with Crippen molar-refractivity contribution in [3.8, 4) is 0 Å². The Labute approximate surface area is 169 Å². The van der Waals surface area contributed by atoms with Gasteiger partial charge in [0.1, 0.15) is 5.60 Å². The Balaban J connectivity index is 1.28. The van der Waals surface area contributed by atoms with E-state index in [9.17, 15) is 4.79 Å². The number of aryl methyl sites for hydroxylation is 1. The number of amides is 1. The lowest BCUT2D eigenvalue weighted by Crippen LogP contribution is -2.45. The van der Waals surface area contributed by atoms with Gasteiger partial charge < -0.3 is 9.68 Å². The molecule has 1 fully saturated rings. The van der Waals surface area contributed by atoms with Crippen LogP contribution in [0.15, 0.2) is 53.7 Å². The maximum atomic E-state index is 12.1. The molecular formula is C21H22ClN3O3. The predicted molar refractivity (Wildman–Crippen MR) is 109 cm³/mol. The van der Waals surface area contributed by atoms with Crippen LogP contribution in [0.25, 0.3) is 0 Å². The molecule has 0 bridgehead atoms. The highest BCUT2D eigenvalue weighted by Crippen LogP contribution is 2.36. The fourth-order valence-electron chi connectivity index (χ4n) is 3.50. The van der Waals surface area contributed by atoms with E-state index in [0.717, 1.165) is 30.5 Å². The van der Waals surface area contributed by atoms with Gasteiger partial charge in [0.15, 0.2) is 0 Å². The van der Waals surface area contributed by atoms with Crippen molar-refractivity contribution in [3.05, 3.63) is 64.7 Å². The second kappa shape index (κ2) is 7.81. The third-order valence-corrected chi connectivity index (χ3v) is 5.38. The number of hydroxylamine groups is 2. The van der Waals surface area contributed by atoms with Gasteiger partial charge in [-0.25, -0.2) is 4.79 Å². The summed E-state index contributed by atoms with van der Waals surface area (Å²) >= 11 is 5.93. The molecule has 4 rings (SSSR count). The summed E-state index contributed by atoms with van der Waals surface area (Å²) < 4.78 is 0. The molecule has 2 aliphatic heterocycles. The normalized spacial score (nSPS) is 18.4. The maximum Gasteiger partial charge on any atom is 0.430 e. The summed E-state index contributed by atoms with van der Waals surface area (Å²) in [6.45, 7) is 3.26. The van der Waals surface area contributed by atoms with Crippen molar-refractivity contribution in [2.75, 3.05) is 18.4 Å². The number of rotatable bonds is 3. The first-order valence-electron chi connectivity index (χ1n) is 9.33. The van der Waals surface area contributed by atoms with Crippen molar-refractivity contribution in [3.63, 3.8) is 0 Å². The summed E-state index contributed by atoms with van der Waals surface area (Å²) in [5.41, 5.74) is 3.60. The number of hydrogen-bond acceptors (Lipinski definition) is 5. The molecular weight excluding hydrogens is 378 g/mol. The van der Waals surface area contributed by atoms with E-state index in [-0.39, 0.29) is 5.60 Å². The lowest BCUT2D eigenvalue weighted by Gasteiger charge is -2.35. The maximum absolute atomic E-state index is 12.1. The van der Waals surface area contributed by atoms with E-state index in [1.807, 2.05) is 0 Å². The molecule has 0 saturated carbocycles. The van der Waals surface area contributed by atoms with Crippen LogP contribution in [0.2, 0.25) is 5.02 Å². The minimum absolute atomic E-state index is 0.302. The van der Waals surface area contributed by atoms with Crippen molar-refractivity contribution < 1.29 is 14.5 Å². The van der Waals surface area contributed by atoms with Gasteiger partial charge in [-0.3, -0.25) is 5.32 Å². The lowest BCUT2D eigenvalue weighted by atomic mass is 9.86. The topological polar surface area (TPSA) is 63.2 Å². The molecule has 1 N–H and O–H groups in total. The first kappa shape index (κ1) is 18.8. The van der Waals surface area contributed by atoms with E-state index in [2.05, 4.69) is 41.7 Å². The Hall–Kier alpha value is -2.57. The highest BCUT2D eigenvalue weighted by Gasteiger charge is 2.43. The molecule has 0 aromatic heterocycles. The first-order valence-corrected chi connectivity index (χ1v) is 9.71. The zero-order valence-electron chi connectivity index (χ0n) is 15.7. The minimum atomic E-state index is -0.526. The zero-order chi connectivity index (χ0) is 19.6. The van der Waals surface area contributed by atoms with Crippen molar-refractivity contribution in [1.82, 2.24) is 5.06 Å². The van der Waals surface area contributed by atoms with E-state index >= 15 is 0 Å². The molecule has 2 aliphatic rings. The van der Waals surface area contributed by atoms with Gasteiger partial charge in [0.2, 0.25) is 0 Å². The molecule has 0 radical (unpaired) electrons. The molecule has 6 nitrogen and oxygen atoms in total. The van der Waals surface area contributed by atoms with Crippen molar-refractivity contribution in [1.29, 1.82) is 0 Å². The van der Waals surface area contributed by atoms with E-state index in [4.69, 9.17) is 21.3 Å². The number of benzene rings is 2. The number of carbonyl (C=O) groups is 1. The minimum Gasteiger partial charge on any atom is -0.388 e. The molecule has 0 unspecified atom stereocenters. The Morgan fingerprint density at radius 3 is 2.68 bits per heavy atom. The number of halogens is 1. The van der Waals surface area contributed by atoms with Crippen LogP contribution in [0, 0.1) is 6.92 Å². The summed E-state index contributed by atoms with van der Waals surface area (Å²) in [4.78, 5) is 23.3. The van der Waals surface area contributed by atoms with E-state index in [1.54, 1.807) is 29.3 Å². The number of nitrogens with zero attached hydrogens (tertiary/aromatic N) is 2. The van der Waals surface area contributed by atoms with E-state index in [1.165, 1.54) is 5.56 Å². The SMILES string of the molecule is Cc1ccc(C2=NOC3(CCN(OC(=O)Nc4cccc(Cl)c4)CC3)C2)cc1. The van der Waals surface area contributed by atoms with Crippen LogP contribution in [0.1, 0.15) is 30.4 Å². The number of hydrogen-bond donors (Lipinski definition) is 1. The number of carbonyl (C=O) groups excluding carboxylic acids is 1. The average molecular weight is 400 g/mol. The molecule has 2 aromatic rings. The Morgan fingerprint density at radius 1 is 1.21 bits per heavy atom. The molecule has 28 heavy (non-hydrogen) atoms. The van der Waals surface area contributed by atoms with Crippen molar-refractivity contribution in [2.45, 2.75) is 31.8 Å². The van der Waals surface area contributed by atoms with Crippen LogP contribution in [0.3, 0.4) is 0 Å². The molecule has 2 heterocycles. The number of oxime groups is 1. The highest BCUT2D eigenvalue weighted by atomic mass is 35.5. The van der Waals surface area contributed by atoms with Crippen LogP contribution < -0.4 is 5.32 Å². The zero-order valence-corrected chi connectivity index (χ0v) is 16.4. The van der Waals surface area contributed by atoms with Crippen LogP contribution in [0.4, 0.5) is 10.5 Å². The third-order valence-electron chi connectivity index (χ3n) is 5.14. The van der Waals surface area contributed by atoms with Crippen LogP contribution in [-0.4, -0.2) is 35.6 Å². The van der Waals surface area contributed by atoms with E-state index < -0.39 is 6.09 Å². The monoisotopic (exact) mass is 399 g/mol. The third kappa shape index (κ3) is 4.29. The smallest absolute Gasteiger partial charge is 0.388 e. The Kier molecular flexibility index (Phi) is 5.24. The molecule has 1 spiro atoms. The second-order valence-corrected chi connectivity index (χ2v) is 7.73. The summed E-state index contributed by atoms with van der Waals surface area (Å²) in [5.74, 6) is 0. The Morgan fingerprint density at radius 2 is 1.96 bits per heavy atom. The molecule has 1 amide bonds. The van der Waals surface area contributed by atoms with Crippen molar-refractivity contribution in [2.24, 2.45) is 5.16 Å². The molecule has 0 aliphatic carbocycles. The van der Waals surface area contributed by atoms with E-state index in [0.29, 0.717) is 23.8 Å². The summed E-state index contributed by atoms with van der Waals surface area (Å²) in [7, 11) is 0. The fourth-order valence-corrected chi connectivity index (χ4v) is 3.69. The molecule has 0 atom stereocenters. The first-order chi connectivity index (χ1) is 13.5. The second-order valence-electron chi connectivity index (χ2n) is 7.30. The standard InChI is InChI=1S/C21H22ClN3O3/c1-15-5-7-16(8-6-15)19-14-21(28-24-19)9-11-25(12-10-21)27-20(26)23-18-4-2-3-17(22)13-18/h2-8,13H,9-12,14H2,1H3,(H,23,26). The van der Waals surface area contributed by atoms with Gasteiger partial charge in [-0.1, -0.05) is 52.7 Å². The highest BCUT2D eigenvalue weighted by molar-refractivity contribution is 6.30. The van der Waals surface area contributed by atoms with Gasteiger partial charge in [-0.2, -0.15) is 0 Å². The largest absolute Gasteiger partial charge is 0.430 e. The summed E-state index contributed by atoms with van der Waals surface area (Å²) in [6, 6.07) is 15.3. The quantitative estimate of drug-likeness (QED) is 0.807. The summed E-state index contributed by atoms with van der Waals surface area (Å²) in [5, 5.41) is 9.23. The van der Waals surface area contributed by atoms with Gasteiger partial charge in [0.05, 0.1) is 5.71 Å². The van der Waals surface area contributed by atoms with Crippen LogP contribution in [0.5, 0.6) is 0 Å². The van der Waals surface area contributed by atoms with Gasteiger partial charge in [0, 0.05) is 43.1 Å². The van der Waals surface area contributed by atoms with Gasteiger partial charge in [0.25, 0.3) is 0 Å². The van der Waals surface area contributed by atoms with Gasteiger partial charge in [-0.15, -0.1) is 5.06 Å². The molecule has 7 heteroatoms. The number of nitrogens with one attached hydrogen (secondary N) is 1. The molecule has 2 aromatic carbocycles. The van der Waals surface area contributed by atoms with Crippen LogP contribution in [-0.2, 0) is 9.68 Å². The van der Waals surface area contributed by atoms with Crippen LogP contribution >= 0.6 is 11.6 Å². The Bertz CT molecular complexity index is 890. The number of piperidine rings is 1. The van der Waals surface area contributed by atoms with Crippen molar-refractivity contribution >= 4 is 29.1 Å². The average Bonchev–Trinajstić information content (AvgIpc) is 3.08. The molecule has 1 saturated heterocycles. The fraction of sp³-hybridized carbons (Fsp3) is 0.333. The van der Waals surface area contributed by atoms with Gasteiger partial charge >= 0.3 is 6.09 Å². The lowest BCUT2D eigenvalue weighted by molar-refractivity contribution is -0.154. The predicted octanol–water partition coefficient (Wildman–Crippen LogP) is 4.77. The number of anilines is 1. The molecule has 146 valence electrons.